The molecule has 0 aliphatic rings. The molecule has 0 aromatic heterocycles. The normalized spacial score (nSPS) is 10.5. The molecule has 1 amide bonds. The zero-order valence-corrected chi connectivity index (χ0v) is 12.7. The lowest BCUT2D eigenvalue weighted by molar-refractivity contribution is -0.123. The predicted octanol–water partition coefficient (Wildman–Crippen LogP) is 2.75. The highest BCUT2D eigenvalue weighted by molar-refractivity contribution is 5.83. The van der Waals surface area contributed by atoms with Gasteiger partial charge in [0.2, 0.25) is 0 Å². The van der Waals surface area contributed by atoms with Crippen LogP contribution < -0.4 is 14.9 Å². The van der Waals surface area contributed by atoms with Gasteiger partial charge in [-0.3, -0.25) is 4.79 Å². The molecule has 0 heterocycles. The maximum Gasteiger partial charge on any atom is 0.277 e. The fraction of sp³-hybridized carbons (Fsp3) is 0.176. The van der Waals surface area contributed by atoms with E-state index >= 15 is 0 Å². The van der Waals surface area contributed by atoms with Crippen molar-refractivity contribution in [3.8, 4) is 11.5 Å². The zero-order valence-electron chi connectivity index (χ0n) is 12.7. The number of halogens is 1. The van der Waals surface area contributed by atoms with E-state index in [-0.39, 0.29) is 6.61 Å². The highest BCUT2D eigenvalue weighted by Gasteiger charge is 2.02. The van der Waals surface area contributed by atoms with Gasteiger partial charge in [0.05, 0.1) is 12.8 Å². The van der Waals surface area contributed by atoms with Crippen LogP contribution in [0.5, 0.6) is 11.5 Å². The molecule has 0 spiro atoms. The first-order valence-corrected chi connectivity index (χ1v) is 7.11. The summed E-state index contributed by atoms with van der Waals surface area (Å²) in [5.41, 5.74) is 2.57. The van der Waals surface area contributed by atoms with E-state index < -0.39 is 11.7 Å². The second-order valence-electron chi connectivity index (χ2n) is 4.51. The van der Waals surface area contributed by atoms with Crippen LogP contribution in [0.1, 0.15) is 12.5 Å². The molecule has 0 fully saturated rings. The van der Waals surface area contributed by atoms with E-state index in [4.69, 9.17) is 9.47 Å². The molecule has 0 saturated carbocycles. The number of benzene rings is 2. The zero-order chi connectivity index (χ0) is 16.5. The molecule has 23 heavy (non-hydrogen) atoms. The Morgan fingerprint density at radius 3 is 2.43 bits per heavy atom. The topological polar surface area (TPSA) is 59.9 Å². The van der Waals surface area contributed by atoms with Crippen molar-refractivity contribution >= 4 is 12.1 Å². The van der Waals surface area contributed by atoms with Gasteiger partial charge in [0.15, 0.2) is 6.61 Å². The summed E-state index contributed by atoms with van der Waals surface area (Å²) in [6.07, 6.45) is 1.24. The third-order valence-corrected chi connectivity index (χ3v) is 2.80. The smallest absolute Gasteiger partial charge is 0.277 e. The predicted molar refractivity (Wildman–Crippen MR) is 85.2 cm³/mol. The van der Waals surface area contributed by atoms with E-state index in [0.717, 1.165) is 5.75 Å². The Balaban J connectivity index is 1.78. The number of hydrogen-bond acceptors (Lipinski definition) is 4. The van der Waals surface area contributed by atoms with Gasteiger partial charge in [-0.25, -0.2) is 9.82 Å². The maximum atomic E-state index is 13.3. The number of hydrazone groups is 1. The number of rotatable bonds is 7. The van der Waals surface area contributed by atoms with Gasteiger partial charge in [-0.05, 0) is 37.3 Å². The van der Waals surface area contributed by atoms with Crippen LogP contribution in [-0.2, 0) is 4.79 Å². The Labute approximate surface area is 133 Å². The molecule has 0 aliphatic carbocycles. The highest BCUT2D eigenvalue weighted by atomic mass is 19.1. The van der Waals surface area contributed by atoms with Crippen molar-refractivity contribution in [1.82, 2.24) is 5.43 Å². The fourth-order valence-electron chi connectivity index (χ4n) is 1.73. The van der Waals surface area contributed by atoms with Crippen LogP contribution in [0.15, 0.2) is 53.6 Å². The van der Waals surface area contributed by atoms with Gasteiger partial charge in [-0.1, -0.05) is 18.2 Å². The van der Waals surface area contributed by atoms with Crippen LogP contribution in [-0.4, -0.2) is 25.3 Å². The summed E-state index contributed by atoms with van der Waals surface area (Å²) >= 11 is 0. The lowest BCUT2D eigenvalue weighted by Crippen LogP contribution is -2.24. The Hall–Kier alpha value is -2.89. The first-order chi connectivity index (χ1) is 11.2. The van der Waals surface area contributed by atoms with Crippen LogP contribution in [0.4, 0.5) is 4.39 Å². The Morgan fingerprint density at radius 2 is 1.78 bits per heavy atom. The van der Waals surface area contributed by atoms with Crippen molar-refractivity contribution in [1.29, 1.82) is 0 Å². The molecule has 0 aliphatic heterocycles. The Kier molecular flexibility index (Phi) is 6.11. The van der Waals surface area contributed by atoms with Crippen LogP contribution in [0.2, 0.25) is 0 Å². The van der Waals surface area contributed by atoms with Crippen molar-refractivity contribution < 1.29 is 18.7 Å². The molecule has 0 unspecified atom stereocenters. The van der Waals surface area contributed by atoms with Crippen molar-refractivity contribution in [3.05, 3.63) is 59.9 Å². The fourth-order valence-corrected chi connectivity index (χ4v) is 1.73. The van der Waals surface area contributed by atoms with Gasteiger partial charge in [-0.15, -0.1) is 0 Å². The number of amides is 1. The minimum atomic E-state index is -0.438. The largest absolute Gasteiger partial charge is 0.494 e. The van der Waals surface area contributed by atoms with Crippen LogP contribution in [0.3, 0.4) is 0 Å². The number of carbonyl (C=O) groups is 1. The van der Waals surface area contributed by atoms with Gasteiger partial charge in [0, 0.05) is 5.56 Å². The second kappa shape index (κ2) is 8.53. The highest BCUT2D eigenvalue weighted by Crippen LogP contribution is 2.17. The average molecular weight is 316 g/mol. The van der Waals surface area contributed by atoms with Crippen molar-refractivity contribution in [2.75, 3.05) is 13.2 Å². The maximum absolute atomic E-state index is 13.3. The van der Waals surface area contributed by atoms with Gasteiger partial charge in [-0.2, -0.15) is 5.10 Å². The van der Waals surface area contributed by atoms with Crippen molar-refractivity contribution in [3.63, 3.8) is 0 Å². The summed E-state index contributed by atoms with van der Waals surface area (Å²) in [4.78, 5) is 11.6. The summed E-state index contributed by atoms with van der Waals surface area (Å²) in [6.45, 7) is 2.29. The number of ether oxygens (including phenoxy) is 2. The monoisotopic (exact) mass is 316 g/mol. The van der Waals surface area contributed by atoms with Gasteiger partial charge in [0.1, 0.15) is 17.3 Å². The Morgan fingerprint density at radius 1 is 1.13 bits per heavy atom. The summed E-state index contributed by atoms with van der Waals surface area (Å²) in [5, 5.41) is 3.69. The summed E-state index contributed by atoms with van der Waals surface area (Å²) in [7, 11) is 0. The first kappa shape index (κ1) is 16.5. The molecule has 0 radical (unpaired) electrons. The van der Waals surface area contributed by atoms with Crippen LogP contribution in [0, 0.1) is 5.82 Å². The van der Waals surface area contributed by atoms with Gasteiger partial charge < -0.3 is 9.47 Å². The quantitative estimate of drug-likeness (QED) is 0.631. The van der Waals surface area contributed by atoms with Crippen molar-refractivity contribution in [2.45, 2.75) is 6.92 Å². The molecule has 6 heteroatoms. The standard InChI is InChI=1S/C17H17FN2O3/c1-2-22-14-7-9-15(10-8-14)23-12-17(21)20-19-11-13-5-3-4-6-16(13)18/h3-11H,2,12H2,1H3,(H,20,21)/b19-11-. The molecule has 0 bridgehead atoms. The third kappa shape index (κ3) is 5.43. The van der Waals surface area contributed by atoms with E-state index in [9.17, 15) is 9.18 Å². The molecule has 120 valence electrons. The minimum absolute atomic E-state index is 0.192. The third-order valence-electron chi connectivity index (χ3n) is 2.80. The number of hydrogen-bond donors (Lipinski definition) is 1. The molecule has 2 rings (SSSR count). The van der Waals surface area contributed by atoms with Crippen LogP contribution in [0.25, 0.3) is 0 Å². The molecule has 2 aromatic carbocycles. The summed E-state index contributed by atoms with van der Waals surface area (Å²) in [5.74, 6) is 0.433. The molecular formula is C17H17FN2O3. The van der Waals surface area contributed by atoms with E-state index in [1.54, 1.807) is 42.5 Å². The van der Waals surface area contributed by atoms with Gasteiger partial charge in [0.25, 0.3) is 5.91 Å². The van der Waals surface area contributed by atoms with Crippen molar-refractivity contribution in [2.24, 2.45) is 5.10 Å². The number of nitrogens with one attached hydrogen (secondary N) is 1. The lowest BCUT2D eigenvalue weighted by atomic mass is 10.2. The Bertz CT molecular complexity index is 672. The number of nitrogens with zero attached hydrogens (tertiary/aromatic N) is 1. The summed E-state index contributed by atoms with van der Waals surface area (Å²) in [6, 6.07) is 13.1. The van der Waals surface area contributed by atoms with E-state index in [0.29, 0.717) is 17.9 Å². The molecule has 0 atom stereocenters. The van der Waals surface area contributed by atoms with E-state index in [1.807, 2.05) is 6.92 Å². The molecular weight excluding hydrogens is 299 g/mol. The average Bonchev–Trinajstić information content (AvgIpc) is 2.56. The minimum Gasteiger partial charge on any atom is -0.494 e. The SMILES string of the molecule is CCOc1ccc(OCC(=O)N/N=C\c2ccccc2F)cc1. The molecule has 1 N–H and O–H groups in total. The first-order valence-electron chi connectivity index (χ1n) is 7.11. The molecule has 0 saturated heterocycles. The molecule has 5 nitrogen and oxygen atoms in total. The van der Waals surface area contributed by atoms with E-state index in [1.165, 1.54) is 12.3 Å². The lowest BCUT2D eigenvalue weighted by Gasteiger charge is -2.06. The van der Waals surface area contributed by atoms with Crippen LogP contribution >= 0.6 is 0 Å². The number of carbonyl (C=O) groups excluding carboxylic acids is 1. The molecule has 2 aromatic rings. The summed E-state index contributed by atoms with van der Waals surface area (Å²) < 4.78 is 24.0. The second-order valence-corrected chi connectivity index (χ2v) is 4.51. The van der Waals surface area contributed by atoms with E-state index in [2.05, 4.69) is 10.5 Å². The van der Waals surface area contributed by atoms with Gasteiger partial charge >= 0.3 is 0 Å².